The van der Waals surface area contributed by atoms with E-state index in [4.69, 9.17) is 9.84 Å². The number of carboxylic acid groups (broad SMARTS) is 1. The topological polar surface area (TPSA) is 62.7 Å². The van der Waals surface area contributed by atoms with Gasteiger partial charge >= 0.3 is 5.97 Å². The number of rotatable bonds is 3. The smallest absolute Gasteiger partial charge is 0.356 e. The maximum atomic E-state index is 10.8. The molecule has 1 aromatic carbocycles. The van der Waals surface area contributed by atoms with Crippen molar-refractivity contribution in [3.8, 4) is 5.75 Å². The van der Waals surface area contributed by atoms with Gasteiger partial charge in [0.2, 0.25) is 0 Å². The van der Waals surface area contributed by atoms with Gasteiger partial charge in [-0.1, -0.05) is 0 Å². The molecule has 0 radical (unpaired) electrons. The monoisotopic (exact) mass is 346 g/mol. The van der Waals surface area contributed by atoms with Crippen molar-refractivity contribution in [2.45, 2.75) is 38.1 Å². The Bertz CT molecular complexity index is 755. The molecule has 3 aliphatic rings. The zero-order valence-corrected chi connectivity index (χ0v) is 14.6. The van der Waals surface area contributed by atoms with Gasteiger partial charge in [0.15, 0.2) is 5.69 Å². The molecule has 2 saturated heterocycles. The third-order valence-electron chi connectivity index (χ3n) is 5.83. The van der Waals surface area contributed by atoms with Crippen molar-refractivity contribution >= 4 is 27.6 Å². The molecule has 5 nitrogen and oxygen atoms in total. The van der Waals surface area contributed by atoms with Crippen LogP contribution in [-0.2, 0) is 0 Å². The highest BCUT2D eigenvalue weighted by Crippen LogP contribution is 2.57. The number of aromatic carboxylic acids is 1. The molecule has 1 aromatic heterocycles. The zero-order valence-electron chi connectivity index (χ0n) is 13.8. The van der Waals surface area contributed by atoms with Gasteiger partial charge in [0.25, 0.3) is 0 Å². The second kappa shape index (κ2) is 6.01. The van der Waals surface area contributed by atoms with Crippen molar-refractivity contribution in [2.24, 2.45) is 5.92 Å². The first-order chi connectivity index (χ1) is 11.6. The van der Waals surface area contributed by atoms with Crippen molar-refractivity contribution in [2.75, 3.05) is 19.7 Å². The molecule has 0 amide bonds. The van der Waals surface area contributed by atoms with Gasteiger partial charge in [0.05, 0.1) is 11.3 Å². The molecule has 24 heavy (non-hydrogen) atoms. The summed E-state index contributed by atoms with van der Waals surface area (Å²) < 4.78 is 10.0. The van der Waals surface area contributed by atoms with Gasteiger partial charge in [-0.15, -0.1) is 0 Å². The second-order valence-corrected chi connectivity index (χ2v) is 7.60. The van der Waals surface area contributed by atoms with Gasteiger partial charge in [-0.05, 0) is 74.8 Å². The van der Waals surface area contributed by atoms with Gasteiger partial charge in [-0.3, -0.25) is 4.90 Å². The first kappa shape index (κ1) is 15.8. The van der Waals surface area contributed by atoms with Crippen molar-refractivity contribution < 1.29 is 14.6 Å². The Labute approximate surface area is 145 Å². The van der Waals surface area contributed by atoms with Crippen LogP contribution < -0.4 is 4.74 Å². The highest BCUT2D eigenvalue weighted by atomic mass is 32.1. The van der Waals surface area contributed by atoms with Crippen LogP contribution in [-0.4, -0.2) is 45.6 Å². The molecule has 2 atom stereocenters. The van der Waals surface area contributed by atoms with Crippen LogP contribution in [0.15, 0.2) is 18.2 Å². The van der Waals surface area contributed by atoms with Gasteiger partial charge in [-0.2, -0.15) is 4.37 Å². The molecule has 0 bridgehead atoms. The quantitative estimate of drug-likeness (QED) is 0.919. The fourth-order valence-corrected chi connectivity index (χ4v) is 5.17. The number of fused-ring (bicyclic) bond motifs is 1. The van der Waals surface area contributed by atoms with E-state index in [9.17, 15) is 4.79 Å². The average molecular weight is 346 g/mol. The van der Waals surface area contributed by atoms with Gasteiger partial charge in [0, 0.05) is 17.5 Å². The second-order valence-electron chi connectivity index (χ2n) is 6.79. The summed E-state index contributed by atoms with van der Waals surface area (Å²) in [7, 11) is 0. The van der Waals surface area contributed by atoms with E-state index in [0.29, 0.717) is 12.0 Å². The summed E-state index contributed by atoms with van der Waals surface area (Å²) in [6.45, 7) is 5.33. The Morgan fingerprint density at radius 3 is 2.83 bits per heavy atom. The van der Waals surface area contributed by atoms with Crippen LogP contribution >= 0.6 is 11.5 Å². The van der Waals surface area contributed by atoms with E-state index in [-0.39, 0.29) is 5.69 Å². The maximum Gasteiger partial charge on any atom is 0.356 e. The molecular formula is C18H22N2O3S. The number of ether oxygens (including phenoxy) is 1. The molecule has 5 rings (SSSR count). The van der Waals surface area contributed by atoms with Crippen molar-refractivity contribution in [1.82, 2.24) is 9.27 Å². The lowest BCUT2D eigenvalue weighted by molar-refractivity contribution is -0.0659. The molecule has 1 aliphatic carbocycles. The van der Waals surface area contributed by atoms with E-state index in [1.54, 1.807) is 12.1 Å². The van der Waals surface area contributed by atoms with Crippen LogP contribution in [0.5, 0.6) is 5.75 Å². The molecule has 1 spiro atoms. The van der Waals surface area contributed by atoms with Crippen LogP contribution in [0.3, 0.4) is 0 Å². The first-order valence-electron chi connectivity index (χ1n) is 8.64. The fourth-order valence-electron chi connectivity index (χ4n) is 4.37. The summed E-state index contributed by atoms with van der Waals surface area (Å²) in [4.78, 5) is 13.5. The third-order valence-corrected chi connectivity index (χ3v) is 6.64. The number of aromatic nitrogens is 1. The average Bonchev–Trinajstić information content (AvgIpc) is 2.99. The van der Waals surface area contributed by atoms with Crippen LogP contribution in [0.25, 0.3) is 10.1 Å². The predicted octanol–water partition coefficient (Wildman–Crippen LogP) is 3.64. The number of hydrogen-bond donors (Lipinski definition) is 1. The highest BCUT2D eigenvalue weighted by Gasteiger charge is 2.59. The first-order valence-corrected chi connectivity index (χ1v) is 9.42. The number of carboxylic acids is 1. The largest absolute Gasteiger partial charge is 0.494 e. The molecule has 6 heteroatoms. The number of benzene rings is 1. The van der Waals surface area contributed by atoms with Crippen LogP contribution in [0.2, 0.25) is 0 Å². The normalized spacial score (nSPS) is 27.3. The minimum absolute atomic E-state index is 0.109. The third kappa shape index (κ3) is 2.40. The standard InChI is InChI=1S/C10H9NO3S.C8H13N/c1-2-14-6-3-4-7-8(5-6)15-11-9(7)10(12)13;1-3-8-4-6-9(8)5-2-7(1)8/h3-5H,2H2,1H3,(H,12,13);7H,1-6H2. The van der Waals surface area contributed by atoms with Crippen molar-refractivity contribution in [3.63, 3.8) is 0 Å². The van der Waals surface area contributed by atoms with Crippen LogP contribution in [0.4, 0.5) is 0 Å². The Morgan fingerprint density at radius 1 is 1.42 bits per heavy atom. The number of carbonyl (C=O) groups is 1. The Balaban J connectivity index is 0.000000136. The lowest BCUT2D eigenvalue weighted by Crippen LogP contribution is -2.63. The lowest BCUT2D eigenvalue weighted by atomic mass is 9.62. The number of hydrogen-bond acceptors (Lipinski definition) is 5. The molecular weight excluding hydrogens is 324 g/mol. The summed E-state index contributed by atoms with van der Waals surface area (Å²) in [5.74, 6) is 0.877. The summed E-state index contributed by atoms with van der Waals surface area (Å²) in [5, 5.41) is 9.52. The molecule has 3 heterocycles. The van der Waals surface area contributed by atoms with Crippen LogP contribution in [0.1, 0.15) is 43.1 Å². The van der Waals surface area contributed by atoms with E-state index in [2.05, 4.69) is 9.27 Å². The Hall–Kier alpha value is -1.66. The Kier molecular flexibility index (Phi) is 3.96. The summed E-state index contributed by atoms with van der Waals surface area (Å²) in [5.41, 5.74) is 0.915. The molecule has 2 aliphatic heterocycles. The maximum absolute atomic E-state index is 10.8. The zero-order chi connectivity index (χ0) is 16.7. The highest BCUT2D eigenvalue weighted by molar-refractivity contribution is 7.13. The minimum Gasteiger partial charge on any atom is -0.494 e. The molecule has 128 valence electrons. The van der Waals surface area contributed by atoms with E-state index < -0.39 is 5.97 Å². The molecule has 1 saturated carbocycles. The fraction of sp³-hybridized carbons (Fsp3) is 0.556. The molecule has 2 aromatic rings. The van der Waals surface area contributed by atoms with Crippen LogP contribution in [0, 0.1) is 5.92 Å². The molecule has 2 unspecified atom stereocenters. The predicted molar refractivity (Wildman–Crippen MR) is 94.0 cm³/mol. The van der Waals surface area contributed by atoms with E-state index in [0.717, 1.165) is 21.9 Å². The summed E-state index contributed by atoms with van der Waals surface area (Å²) in [6, 6.07) is 5.29. The van der Waals surface area contributed by atoms with Gasteiger partial charge in [0.1, 0.15) is 5.75 Å². The van der Waals surface area contributed by atoms with E-state index in [1.165, 1.54) is 50.3 Å². The lowest BCUT2D eigenvalue weighted by Gasteiger charge is -2.58. The van der Waals surface area contributed by atoms with Crippen molar-refractivity contribution in [3.05, 3.63) is 23.9 Å². The van der Waals surface area contributed by atoms with Gasteiger partial charge in [-0.25, -0.2) is 4.79 Å². The molecule has 3 fully saturated rings. The van der Waals surface area contributed by atoms with E-state index in [1.807, 2.05) is 13.0 Å². The minimum atomic E-state index is -0.995. The van der Waals surface area contributed by atoms with Crippen molar-refractivity contribution in [1.29, 1.82) is 0 Å². The molecule has 1 N–H and O–H groups in total. The summed E-state index contributed by atoms with van der Waals surface area (Å²) >= 11 is 1.17. The SMILES string of the molecule is C1CN2CCC23CCC13.CCOc1ccc2c(C(=O)O)nsc2c1. The van der Waals surface area contributed by atoms with Gasteiger partial charge < -0.3 is 9.84 Å². The Morgan fingerprint density at radius 2 is 2.29 bits per heavy atom. The number of nitrogens with zero attached hydrogens (tertiary/aromatic N) is 2. The summed E-state index contributed by atoms with van der Waals surface area (Å²) in [6.07, 6.45) is 6.10. The van der Waals surface area contributed by atoms with E-state index >= 15 is 0 Å².